The third-order valence-electron chi connectivity index (χ3n) is 7.82. The first-order valence-electron chi connectivity index (χ1n) is 13.3. The number of aromatic nitrogens is 4. The predicted molar refractivity (Wildman–Crippen MR) is 151 cm³/mol. The van der Waals surface area contributed by atoms with Crippen LogP contribution in [0.1, 0.15) is 47.6 Å². The Morgan fingerprint density at radius 3 is 2.69 bits per heavy atom. The molecule has 39 heavy (non-hydrogen) atoms. The van der Waals surface area contributed by atoms with E-state index in [4.69, 9.17) is 11.6 Å². The molecule has 2 aliphatic rings. The lowest BCUT2D eigenvalue weighted by atomic mass is 10.0. The summed E-state index contributed by atoms with van der Waals surface area (Å²) in [7, 11) is 1.97. The number of fused-ring (bicyclic) bond motifs is 2. The minimum Gasteiger partial charge on any atom is -0.350 e. The summed E-state index contributed by atoms with van der Waals surface area (Å²) in [6, 6.07) is 17.9. The van der Waals surface area contributed by atoms with Gasteiger partial charge in [0.1, 0.15) is 0 Å². The highest BCUT2D eigenvalue weighted by Crippen LogP contribution is 2.36. The number of benzene rings is 2. The second-order valence-corrected chi connectivity index (χ2v) is 11.0. The average molecular weight is 539 g/mol. The minimum atomic E-state index is -0.0199. The van der Waals surface area contributed by atoms with E-state index in [0.29, 0.717) is 22.2 Å². The summed E-state index contributed by atoms with van der Waals surface area (Å²) in [5.41, 5.74) is 5.33. The lowest BCUT2D eigenvalue weighted by Crippen LogP contribution is -2.30. The average Bonchev–Trinajstić information content (AvgIpc) is 3.39. The van der Waals surface area contributed by atoms with Crippen molar-refractivity contribution in [3.8, 4) is 11.1 Å². The topological polar surface area (TPSA) is 84.5 Å². The van der Waals surface area contributed by atoms with Gasteiger partial charge in [-0.1, -0.05) is 29.8 Å². The van der Waals surface area contributed by atoms with Gasteiger partial charge in [0.2, 0.25) is 11.9 Å². The first kappa shape index (κ1) is 23.9. The zero-order chi connectivity index (χ0) is 26.7. The van der Waals surface area contributed by atoms with Crippen LogP contribution < -0.4 is 5.32 Å². The lowest BCUT2D eigenvalue weighted by molar-refractivity contribution is -0.117. The Kier molecular flexibility index (Phi) is 5.66. The van der Waals surface area contributed by atoms with E-state index in [1.165, 1.54) is 0 Å². The highest BCUT2D eigenvalue weighted by atomic mass is 35.5. The largest absolute Gasteiger partial charge is 0.350 e. The van der Waals surface area contributed by atoms with Crippen molar-refractivity contribution in [3.05, 3.63) is 83.1 Å². The highest BCUT2D eigenvalue weighted by Gasteiger charge is 2.32. The smallest absolute Gasteiger partial charge is 0.256 e. The Morgan fingerprint density at radius 2 is 1.87 bits per heavy atom. The molecule has 2 amide bonds. The number of nitrogens with one attached hydrogen (secondary N) is 1. The summed E-state index contributed by atoms with van der Waals surface area (Å²) in [5, 5.41) is 8.79. The van der Waals surface area contributed by atoms with Gasteiger partial charge in [-0.3, -0.25) is 14.9 Å². The molecule has 1 saturated heterocycles. The zero-order valence-electron chi connectivity index (χ0n) is 21.5. The maximum absolute atomic E-state index is 13.9. The molecule has 1 atom stereocenters. The number of likely N-dealkylation sites (tertiary alicyclic amines) is 1. The van der Waals surface area contributed by atoms with Gasteiger partial charge in [0, 0.05) is 47.8 Å². The van der Waals surface area contributed by atoms with Gasteiger partial charge < -0.3 is 9.47 Å². The Morgan fingerprint density at radius 1 is 1.03 bits per heavy atom. The van der Waals surface area contributed by atoms with Crippen LogP contribution in [0.25, 0.3) is 27.7 Å². The second kappa shape index (κ2) is 9.24. The molecular formula is C30H27ClN6O2. The number of pyridine rings is 1. The van der Waals surface area contributed by atoms with Crippen LogP contribution in [0.4, 0.5) is 5.95 Å². The Hall–Kier alpha value is -4.17. The van der Waals surface area contributed by atoms with Crippen LogP contribution in [0.2, 0.25) is 5.02 Å². The number of aryl methyl sites for hydroxylation is 1. The minimum absolute atomic E-state index is 0.0135. The van der Waals surface area contributed by atoms with E-state index in [-0.39, 0.29) is 23.8 Å². The third kappa shape index (κ3) is 4.34. The van der Waals surface area contributed by atoms with E-state index >= 15 is 0 Å². The summed E-state index contributed by atoms with van der Waals surface area (Å²) in [4.78, 5) is 32.5. The van der Waals surface area contributed by atoms with Gasteiger partial charge in [0.25, 0.3) is 5.91 Å². The molecule has 2 fully saturated rings. The summed E-state index contributed by atoms with van der Waals surface area (Å²) in [6.07, 6.45) is 7.50. The van der Waals surface area contributed by atoms with E-state index in [1.54, 1.807) is 4.52 Å². The fourth-order valence-electron chi connectivity index (χ4n) is 5.64. The number of halogens is 1. The normalized spacial score (nSPS) is 17.3. The number of hydrogen-bond donors (Lipinski definition) is 1. The first-order valence-corrected chi connectivity index (χ1v) is 13.7. The van der Waals surface area contributed by atoms with Crippen LogP contribution in [-0.2, 0) is 11.8 Å². The van der Waals surface area contributed by atoms with Gasteiger partial charge >= 0.3 is 0 Å². The molecule has 1 unspecified atom stereocenters. The van der Waals surface area contributed by atoms with Crippen molar-refractivity contribution in [1.82, 2.24) is 24.1 Å². The van der Waals surface area contributed by atoms with Crippen LogP contribution in [0.15, 0.2) is 67.0 Å². The molecule has 8 nitrogen and oxygen atoms in total. The van der Waals surface area contributed by atoms with Crippen molar-refractivity contribution in [2.75, 3.05) is 11.9 Å². The monoisotopic (exact) mass is 538 g/mol. The summed E-state index contributed by atoms with van der Waals surface area (Å²) in [5.74, 6) is 0.413. The number of nitrogens with zero attached hydrogens (tertiary/aromatic N) is 5. The van der Waals surface area contributed by atoms with Gasteiger partial charge in [-0.15, -0.1) is 5.10 Å². The SMILES string of the molecule is Cn1cc(C(=O)N2CCCC2c2cccc(Cl)c2)c2cc(-c3ccn4nc(NC(=O)C5CC5)nc4c3)ccc21. The highest BCUT2D eigenvalue weighted by molar-refractivity contribution is 6.30. The van der Waals surface area contributed by atoms with Gasteiger partial charge in [-0.05, 0) is 78.8 Å². The van der Waals surface area contributed by atoms with Gasteiger partial charge in [-0.25, -0.2) is 4.52 Å². The molecule has 1 aliphatic heterocycles. The van der Waals surface area contributed by atoms with Crippen molar-refractivity contribution < 1.29 is 9.59 Å². The fraction of sp³-hybridized carbons (Fsp3) is 0.267. The molecule has 7 rings (SSSR count). The van der Waals surface area contributed by atoms with Gasteiger partial charge in [0.05, 0.1) is 11.6 Å². The number of carbonyl (C=O) groups is 2. The Labute approximate surface area is 230 Å². The summed E-state index contributed by atoms with van der Waals surface area (Å²) < 4.78 is 3.67. The first-order chi connectivity index (χ1) is 18.9. The molecule has 1 aliphatic carbocycles. The maximum atomic E-state index is 13.9. The molecule has 4 heterocycles. The van der Waals surface area contributed by atoms with Crippen molar-refractivity contribution >= 4 is 45.9 Å². The Balaban J connectivity index is 1.22. The molecule has 3 aromatic heterocycles. The summed E-state index contributed by atoms with van der Waals surface area (Å²) in [6.45, 7) is 0.718. The van der Waals surface area contributed by atoms with Gasteiger partial charge in [-0.2, -0.15) is 4.98 Å². The van der Waals surface area contributed by atoms with E-state index in [2.05, 4.69) is 33.6 Å². The fourth-order valence-corrected chi connectivity index (χ4v) is 5.84. The van der Waals surface area contributed by atoms with Gasteiger partial charge in [0.15, 0.2) is 5.65 Å². The molecule has 0 spiro atoms. The quantitative estimate of drug-likeness (QED) is 0.303. The molecule has 196 valence electrons. The number of carbonyl (C=O) groups excluding carboxylic acids is 2. The second-order valence-electron chi connectivity index (χ2n) is 10.5. The van der Waals surface area contributed by atoms with E-state index in [0.717, 1.165) is 59.8 Å². The molecule has 1 saturated carbocycles. The molecule has 1 N–H and O–H groups in total. The number of rotatable bonds is 5. The molecular weight excluding hydrogens is 512 g/mol. The van der Waals surface area contributed by atoms with Crippen molar-refractivity contribution in [3.63, 3.8) is 0 Å². The van der Waals surface area contributed by atoms with Crippen molar-refractivity contribution in [2.24, 2.45) is 13.0 Å². The lowest BCUT2D eigenvalue weighted by Gasteiger charge is -2.25. The molecule has 0 bridgehead atoms. The number of anilines is 1. The van der Waals surface area contributed by atoms with Crippen LogP contribution in [0, 0.1) is 5.92 Å². The molecule has 0 radical (unpaired) electrons. The van der Waals surface area contributed by atoms with Crippen LogP contribution in [0.3, 0.4) is 0 Å². The van der Waals surface area contributed by atoms with Crippen molar-refractivity contribution in [2.45, 2.75) is 31.7 Å². The summed E-state index contributed by atoms with van der Waals surface area (Å²) >= 11 is 6.26. The predicted octanol–water partition coefficient (Wildman–Crippen LogP) is 5.87. The Bertz CT molecular complexity index is 1770. The van der Waals surface area contributed by atoms with Crippen LogP contribution >= 0.6 is 11.6 Å². The molecule has 2 aromatic carbocycles. The zero-order valence-corrected chi connectivity index (χ0v) is 22.2. The van der Waals surface area contributed by atoms with E-state index in [1.807, 2.05) is 65.3 Å². The van der Waals surface area contributed by atoms with E-state index < -0.39 is 0 Å². The number of hydrogen-bond acceptors (Lipinski definition) is 4. The van der Waals surface area contributed by atoms with E-state index in [9.17, 15) is 9.59 Å². The van der Waals surface area contributed by atoms with Crippen LogP contribution in [0.5, 0.6) is 0 Å². The van der Waals surface area contributed by atoms with Crippen LogP contribution in [-0.4, -0.2) is 42.4 Å². The molecule has 5 aromatic rings. The standard InChI is InChI=1S/C30H27ClN6O2/c1-35-17-24(29(39)36-12-3-6-25(36)21-4-2-5-22(31)14-21)23-15-19(9-10-26(23)35)20-11-13-37-27(16-20)32-30(34-37)33-28(38)18-7-8-18/h2,4-5,9-11,13-18,25H,3,6-8,12H2,1H3,(H,33,34,38). The number of amides is 2. The molecule has 9 heteroatoms. The third-order valence-corrected chi connectivity index (χ3v) is 8.06. The van der Waals surface area contributed by atoms with Crippen molar-refractivity contribution in [1.29, 1.82) is 0 Å². The maximum Gasteiger partial charge on any atom is 0.256 e.